The van der Waals surface area contributed by atoms with Gasteiger partial charge in [-0.3, -0.25) is 9.71 Å². The van der Waals surface area contributed by atoms with Crippen LogP contribution in [0.1, 0.15) is 22.3 Å². The molecule has 1 aliphatic heterocycles. The molecule has 0 fully saturated rings. The van der Waals surface area contributed by atoms with Crippen LogP contribution in [-0.4, -0.2) is 20.7 Å². The van der Waals surface area contributed by atoms with E-state index in [1.807, 2.05) is 0 Å². The summed E-state index contributed by atoms with van der Waals surface area (Å²) in [6.45, 7) is 0.272. The molecule has 0 aliphatic carbocycles. The Hall–Kier alpha value is -3.27. The van der Waals surface area contributed by atoms with Crippen LogP contribution in [0.4, 0.5) is 27.6 Å². The molecule has 0 bridgehead atoms. The number of alkyl halides is 3. The van der Waals surface area contributed by atoms with E-state index >= 15 is 0 Å². The summed E-state index contributed by atoms with van der Waals surface area (Å²) in [6, 6.07) is 11.5. The number of nitrogens with zero attached hydrogens (tertiary/aromatic N) is 1. The Morgan fingerprint density at radius 2 is 1.72 bits per heavy atom. The fourth-order valence-corrected chi connectivity index (χ4v) is 4.59. The summed E-state index contributed by atoms with van der Waals surface area (Å²) in [6.07, 6.45) is -4.12. The summed E-state index contributed by atoms with van der Waals surface area (Å²) in [5.41, 5.74) is 1.19. The number of halogens is 5. The van der Waals surface area contributed by atoms with E-state index in [1.165, 1.54) is 24.3 Å². The SMILES string of the molecule is O=S(=O)(Nc1cccc(C2=NCCc3cc(C(F)(F)F)ccc32)c1)c1cc(F)ccc1F. The van der Waals surface area contributed by atoms with Gasteiger partial charge in [-0.05, 0) is 54.4 Å². The predicted octanol–water partition coefficient (Wildman–Crippen LogP) is 5.18. The van der Waals surface area contributed by atoms with Crippen molar-refractivity contribution in [3.8, 4) is 0 Å². The Morgan fingerprint density at radius 3 is 2.47 bits per heavy atom. The number of sulfonamides is 1. The van der Waals surface area contributed by atoms with E-state index in [4.69, 9.17) is 0 Å². The van der Waals surface area contributed by atoms with Gasteiger partial charge in [0.15, 0.2) is 0 Å². The van der Waals surface area contributed by atoms with Crippen molar-refractivity contribution in [3.63, 3.8) is 0 Å². The minimum absolute atomic E-state index is 0.0629. The second kappa shape index (κ2) is 8.01. The molecule has 0 spiro atoms. The summed E-state index contributed by atoms with van der Waals surface area (Å²) in [5.74, 6) is -2.02. The minimum Gasteiger partial charge on any atom is -0.284 e. The zero-order valence-electron chi connectivity index (χ0n) is 16.2. The van der Waals surface area contributed by atoms with Crippen molar-refractivity contribution in [2.24, 2.45) is 4.99 Å². The minimum atomic E-state index is -4.46. The topological polar surface area (TPSA) is 58.5 Å². The van der Waals surface area contributed by atoms with Gasteiger partial charge in [-0.25, -0.2) is 17.2 Å². The monoisotopic (exact) mass is 466 g/mol. The molecule has 32 heavy (non-hydrogen) atoms. The van der Waals surface area contributed by atoms with E-state index in [0.29, 0.717) is 41.0 Å². The molecule has 1 heterocycles. The van der Waals surface area contributed by atoms with E-state index in [9.17, 15) is 30.4 Å². The largest absolute Gasteiger partial charge is 0.416 e. The molecular weight excluding hydrogens is 451 g/mol. The van der Waals surface area contributed by atoms with Gasteiger partial charge in [0.2, 0.25) is 0 Å². The average molecular weight is 466 g/mol. The Labute approximate surface area is 180 Å². The lowest BCUT2D eigenvalue weighted by Gasteiger charge is -2.19. The molecule has 3 aromatic carbocycles. The van der Waals surface area contributed by atoms with Crippen molar-refractivity contribution in [2.75, 3.05) is 11.3 Å². The molecule has 0 amide bonds. The molecule has 4 rings (SSSR count). The lowest BCUT2D eigenvalue weighted by molar-refractivity contribution is -0.137. The molecule has 0 atom stereocenters. The first-order chi connectivity index (χ1) is 15.0. The fourth-order valence-electron chi connectivity index (χ4n) is 3.45. The lowest BCUT2D eigenvalue weighted by atomic mass is 9.91. The average Bonchev–Trinajstić information content (AvgIpc) is 2.73. The molecular formula is C22H15F5N2O2S. The van der Waals surface area contributed by atoms with Gasteiger partial charge in [-0.1, -0.05) is 18.2 Å². The highest BCUT2D eigenvalue weighted by Crippen LogP contribution is 2.32. The summed E-state index contributed by atoms with van der Waals surface area (Å²) >= 11 is 0. The summed E-state index contributed by atoms with van der Waals surface area (Å²) in [7, 11) is -4.43. The highest BCUT2D eigenvalue weighted by molar-refractivity contribution is 7.92. The number of rotatable bonds is 4. The first kappa shape index (κ1) is 21.9. The quantitative estimate of drug-likeness (QED) is 0.539. The van der Waals surface area contributed by atoms with Gasteiger partial charge in [0.05, 0.1) is 11.3 Å². The number of hydrogen-bond acceptors (Lipinski definition) is 3. The molecule has 166 valence electrons. The number of aliphatic imine (C=N–C) groups is 1. The van der Waals surface area contributed by atoms with Crippen LogP contribution in [0.15, 0.2) is 70.6 Å². The smallest absolute Gasteiger partial charge is 0.284 e. The van der Waals surface area contributed by atoms with Crippen LogP contribution in [0.2, 0.25) is 0 Å². The summed E-state index contributed by atoms with van der Waals surface area (Å²) in [4.78, 5) is 3.56. The van der Waals surface area contributed by atoms with E-state index < -0.39 is 38.3 Å². The molecule has 0 radical (unpaired) electrons. The third-order valence-corrected chi connectivity index (χ3v) is 6.31. The maximum atomic E-state index is 13.9. The zero-order chi connectivity index (χ0) is 23.1. The van der Waals surface area contributed by atoms with Crippen molar-refractivity contribution in [1.29, 1.82) is 0 Å². The van der Waals surface area contributed by atoms with Gasteiger partial charge in [0, 0.05) is 23.4 Å². The van der Waals surface area contributed by atoms with Gasteiger partial charge in [0.25, 0.3) is 10.0 Å². The third-order valence-electron chi connectivity index (χ3n) is 4.91. The Morgan fingerprint density at radius 1 is 0.938 bits per heavy atom. The second-order valence-corrected chi connectivity index (χ2v) is 8.76. The first-order valence-electron chi connectivity index (χ1n) is 9.38. The van der Waals surface area contributed by atoms with Gasteiger partial charge >= 0.3 is 6.18 Å². The third kappa shape index (κ3) is 4.36. The predicted molar refractivity (Wildman–Crippen MR) is 109 cm³/mol. The highest BCUT2D eigenvalue weighted by atomic mass is 32.2. The van der Waals surface area contributed by atoms with Crippen LogP contribution in [0, 0.1) is 11.6 Å². The van der Waals surface area contributed by atoms with Gasteiger partial charge in [-0.15, -0.1) is 0 Å². The normalized spacial score (nSPS) is 14.0. The summed E-state index contributed by atoms with van der Waals surface area (Å²) < 4.78 is 93.7. The van der Waals surface area contributed by atoms with Crippen molar-refractivity contribution in [2.45, 2.75) is 17.5 Å². The van der Waals surface area contributed by atoms with Crippen LogP contribution in [0.5, 0.6) is 0 Å². The second-order valence-electron chi connectivity index (χ2n) is 7.11. The van der Waals surface area contributed by atoms with Crippen molar-refractivity contribution < 1.29 is 30.4 Å². The Balaban J connectivity index is 1.67. The van der Waals surface area contributed by atoms with E-state index in [2.05, 4.69) is 9.71 Å². The van der Waals surface area contributed by atoms with Crippen LogP contribution in [-0.2, 0) is 22.6 Å². The van der Waals surface area contributed by atoms with Crippen molar-refractivity contribution >= 4 is 21.4 Å². The Kier molecular flexibility index (Phi) is 5.49. The number of nitrogens with one attached hydrogen (secondary N) is 1. The standard InChI is InChI=1S/C22H15F5N2O2S/c23-16-5-7-19(24)20(12-16)32(30,31)29-17-3-1-2-14(11-17)21-18-6-4-15(22(25,26)27)10-13(18)8-9-28-21/h1-7,10-12,29H,8-9H2. The molecule has 1 aliphatic rings. The molecule has 0 saturated carbocycles. The molecule has 3 aromatic rings. The number of benzene rings is 3. The van der Waals surface area contributed by atoms with Crippen LogP contribution >= 0.6 is 0 Å². The number of hydrogen-bond donors (Lipinski definition) is 1. The molecule has 0 unspecified atom stereocenters. The molecule has 0 aromatic heterocycles. The molecule has 1 N–H and O–H groups in total. The number of fused-ring (bicyclic) bond motifs is 1. The molecule has 10 heteroatoms. The molecule has 0 saturated heterocycles. The van der Waals surface area contributed by atoms with E-state index in [0.717, 1.165) is 18.2 Å². The zero-order valence-corrected chi connectivity index (χ0v) is 17.1. The molecule has 4 nitrogen and oxygen atoms in total. The summed E-state index contributed by atoms with van der Waals surface area (Å²) in [5, 5.41) is 0. The van der Waals surface area contributed by atoms with Gasteiger partial charge < -0.3 is 0 Å². The van der Waals surface area contributed by atoms with Gasteiger partial charge in [-0.2, -0.15) is 13.2 Å². The maximum absolute atomic E-state index is 13.9. The Bertz CT molecular complexity index is 1330. The fraction of sp³-hybridized carbons (Fsp3) is 0.136. The van der Waals surface area contributed by atoms with Crippen LogP contribution < -0.4 is 4.72 Å². The highest BCUT2D eigenvalue weighted by Gasteiger charge is 2.31. The van der Waals surface area contributed by atoms with E-state index in [1.54, 1.807) is 6.07 Å². The van der Waals surface area contributed by atoms with Crippen molar-refractivity contribution in [3.05, 3.63) is 94.6 Å². The van der Waals surface area contributed by atoms with Crippen LogP contribution in [0.3, 0.4) is 0 Å². The lowest BCUT2D eigenvalue weighted by Crippen LogP contribution is -2.17. The maximum Gasteiger partial charge on any atom is 0.416 e. The van der Waals surface area contributed by atoms with E-state index in [-0.39, 0.29) is 12.2 Å². The van der Waals surface area contributed by atoms with Crippen molar-refractivity contribution in [1.82, 2.24) is 0 Å². The van der Waals surface area contributed by atoms with Gasteiger partial charge in [0.1, 0.15) is 16.5 Å². The van der Waals surface area contributed by atoms with Crippen LogP contribution in [0.25, 0.3) is 0 Å². The number of anilines is 1. The first-order valence-corrected chi connectivity index (χ1v) is 10.9.